The third-order valence-corrected chi connectivity index (χ3v) is 4.89. The van der Waals surface area contributed by atoms with E-state index in [1.54, 1.807) is 25.3 Å². The highest BCUT2D eigenvalue weighted by molar-refractivity contribution is 7.14. The Morgan fingerprint density at radius 2 is 1.88 bits per heavy atom. The Balaban J connectivity index is 1.87. The van der Waals surface area contributed by atoms with E-state index in [9.17, 15) is 4.79 Å². The highest BCUT2D eigenvalue weighted by atomic mass is 32.1. The molecule has 0 aliphatic carbocycles. The SMILES string of the molecule is COC(=O)c1cccc(Nc2nc(-c3cc(C)c(C)cc3OC)cs2)c1. The van der Waals surface area contributed by atoms with Gasteiger partial charge in [0.1, 0.15) is 5.75 Å². The minimum atomic E-state index is -0.367. The van der Waals surface area contributed by atoms with Crippen LogP contribution in [0.4, 0.5) is 10.8 Å². The molecule has 0 saturated heterocycles. The summed E-state index contributed by atoms with van der Waals surface area (Å²) < 4.78 is 10.3. The molecule has 3 aromatic rings. The standard InChI is InChI=1S/C20H20N2O3S/c1-12-8-16(18(24-3)9-13(12)2)17-11-26-20(22-17)21-15-7-5-6-14(10-15)19(23)25-4/h5-11H,1-4H3,(H,21,22). The van der Waals surface area contributed by atoms with Crippen LogP contribution in [0.15, 0.2) is 41.8 Å². The first kappa shape index (κ1) is 17.9. The fraction of sp³-hybridized carbons (Fsp3) is 0.200. The monoisotopic (exact) mass is 368 g/mol. The Morgan fingerprint density at radius 1 is 1.12 bits per heavy atom. The number of aryl methyl sites for hydroxylation is 2. The zero-order valence-corrected chi connectivity index (χ0v) is 15.9. The highest BCUT2D eigenvalue weighted by Gasteiger charge is 2.13. The molecule has 1 heterocycles. The number of esters is 1. The summed E-state index contributed by atoms with van der Waals surface area (Å²) in [4.78, 5) is 16.3. The van der Waals surface area contributed by atoms with Crippen LogP contribution in [0.5, 0.6) is 5.75 Å². The lowest BCUT2D eigenvalue weighted by Crippen LogP contribution is -2.01. The van der Waals surface area contributed by atoms with Gasteiger partial charge in [-0.15, -0.1) is 11.3 Å². The molecular weight excluding hydrogens is 348 g/mol. The van der Waals surface area contributed by atoms with Gasteiger partial charge in [0.05, 0.1) is 25.5 Å². The molecule has 1 aromatic heterocycles. The Bertz CT molecular complexity index is 950. The summed E-state index contributed by atoms with van der Waals surface area (Å²) in [7, 11) is 3.03. The molecule has 3 rings (SSSR count). The summed E-state index contributed by atoms with van der Waals surface area (Å²) in [6.07, 6.45) is 0. The normalized spacial score (nSPS) is 10.5. The van der Waals surface area contributed by atoms with E-state index in [2.05, 4.69) is 30.2 Å². The minimum Gasteiger partial charge on any atom is -0.496 e. The van der Waals surface area contributed by atoms with Gasteiger partial charge >= 0.3 is 5.97 Å². The van der Waals surface area contributed by atoms with E-state index in [4.69, 9.17) is 9.47 Å². The van der Waals surface area contributed by atoms with Crippen molar-refractivity contribution in [3.63, 3.8) is 0 Å². The van der Waals surface area contributed by atoms with E-state index in [0.717, 1.165) is 27.8 Å². The van der Waals surface area contributed by atoms with Gasteiger partial charge in [-0.25, -0.2) is 9.78 Å². The van der Waals surface area contributed by atoms with Crippen molar-refractivity contribution in [3.05, 3.63) is 58.5 Å². The second-order valence-corrected chi connectivity index (χ2v) is 6.73. The minimum absolute atomic E-state index is 0.367. The number of carbonyl (C=O) groups is 1. The molecule has 134 valence electrons. The second kappa shape index (κ2) is 7.58. The van der Waals surface area contributed by atoms with E-state index >= 15 is 0 Å². The van der Waals surface area contributed by atoms with Crippen molar-refractivity contribution in [3.8, 4) is 17.0 Å². The number of nitrogens with zero attached hydrogens (tertiary/aromatic N) is 1. The van der Waals surface area contributed by atoms with Gasteiger partial charge < -0.3 is 14.8 Å². The van der Waals surface area contributed by atoms with Gasteiger partial charge in [0, 0.05) is 16.6 Å². The average Bonchev–Trinajstić information content (AvgIpc) is 3.11. The van der Waals surface area contributed by atoms with Crippen LogP contribution in [0.3, 0.4) is 0 Å². The molecule has 0 fully saturated rings. The molecule has 0 bridgehead atoms. The molecule has 0 saturated carbocycles. The summed E-state index contributed by atoms with van der Waals surface area (Å²) in [6, 6.07) is 11.2. The third kappa shape index (κ3) is 3.70. The number of hydrogen-bond donors (Lipinski definition) is 1. The number of thiazole rings is 1. The maximum absolute atomic E-state index is 11.7. The highest BCUT2D eigenvalue weighted by Crippen LogP contribution is 2.35. The van der Waals surface area contributed by atoms with Gasteiger partial charge in [0.25, 0.3) is 0 Å². The lowest BCUT2D eigenvalue weighted by atomic mass is 10.0. The topological polar surface area (TPSA) is 60.5 Å². The molecule has 0 amide bonds. The zero-order chi connectivity index (χ0) is 18.7. The van der Waals surface area contributed by atoms with Gasteiger partial charge in [-0.3, -0.25) is 0 Å². The Labute approximate surface area is 156 Å². The molecule has 5 nitrogen and oxygen atoms in total. The number of rotatable bonds is 5. The quantitative estimate of drug-likeness (QED) is 0.645. The van der Waals surface area contributed by atoms with Crippen molar-refractivity contribution in [1.29, 1.82) is 0 Å². The smallest absolute Gasteiger partial charge is 0.337 e. The van der Waals surface area contributed by atoms with Gasteiger partial charge in [-0.05, 0) is 55.3 Å². The summed E-state index contributed by atoms with van der Waals surface area (Å²) in [5.74, 6) is 0.436. The number of anilines is 2. The van der Waals surface area contributed by atoms with Crippen molar-refractivity contribution >= 4 is 28.1 Å². The van der Waals surface area contributed by atoms with Crippen molar-refractivity contribution in [2.45, 2.75) is 13.8 Å². The van der Waals surface area contributed by atoms with Crippen LogP contribution in [0, 0.1) is 13.8 Å². The van der Waals surface area contributed by atoms with Crippen molar-refractivity contribution in [1.82, 2.24) is 4.98 Å². The van der Waals surface area contributed by atoms with Gasteiger partial charge in [-0.2, -0.15) is 0 Å². The van der Waals surface area contributed by atoms with Gasteiger partial charge in [-0.1, -0.05) is 6.07 Å². The van der Waals surface area contributed by atoms with Gasteiger partial charge in [0.15, 0.2) is 5.13 Å². The van der Waals surface area contributed by atoms with Crippen LogP contribution in [0.25, 0.3) is 11.3 Å². The molecule has 0 atom stereocenters. The lowest BCUT2D eigenvalue weighted by Gasteiger charge is -2.10. The largest absolute Gasteiger partial charge is 0.496 e. The summed E-state index contributed by atoms with van der Waals surface area (Å²) in [6.45, 7) is 4.13. The molecule has 0 aliphatic heterocycles. The van der Waals surface area contributed by atoms with Crippen LogP contribution in [0.2, 0.25) is 0 Å². The Kier molecular flexibility index (Phi) is 5.23. The van der Waals surface area contributed by atoms with E-state index in [1.165, 1.54) is 29.6 Å². The molecule has 0 radical (unpaired) electrons. The Morgan fingerprint density at radius 3 is 2.62 bits per heavy atom. The first-order chi connectivity index (χ1) is 12.5. The fourth-order valence-electron chi connectivity index (χ4n) is 2.58. The summed E-state index contributed by atoms with van der Waals surface area (Å²) in [5.41, 5.74) is 5.45. The first-order valence-corrected chi connectivity index (χ1v) is 8.96. The maximum atomic E-state index is 11.7. The number of methoxy groups -OCH3 is 2. The second-order valence-electron chi connectivity index (χ2n) is 5.87. The number of nitrogens with one attached hydrogen (secondary N) is 1. The fourth-order valence-corrected chi connectivity index (χ4v) is 3.31. The van der Waals surface area contributed by atoms with Crippen LogP contribution < -0.4 is 10.1 Å². The average molecular weight is 368 g/mol. The molecule has 0 aliphatic rings. The molecular formula is C20H20N2O3S. The summed E-state index contributed by atoms with van der Waals surface area (Å²) >= 11 is 1.49. The molecule has 6 heteroatoms. The third-order valence-electron chi connectivity index (χ3n) is 4.13. The zero-order valence-electron chi connectivity index (χ0n) is 15.1. The molecule has 26 heavy (non-hydrogen) atoms. The Hall–Kier alpha value is -2.86. The lowest BCUT2D eigenvalue weighted by molar-refractivity contribution is 0.0601. The number of carbonyl (C=O) groups excluding carboxylic acids is 1. The predicted molar refractivity (Wildman–Crippen MR) is 105 cm³/mol. The van der Waals surface area contributed by atoms with E-state index in [1.807, 2.05) is 17.5 Å². The molecule has 0 spiro atoms. The van der Waals surface area contributed by atoms with Crippen LogP contribution in [0.1, 0.15) is 21.5 Å². The molecule has 2 aromatic carbocycles. The van der Waals surface area contributed by atoms with Crippen LogP contribution >= 0.6 is 11.3 Å². The van der Waals surface area contributed by atoms with Crippen molar-refractivity contribution < 1.29 is 14.3 Å². The number of hydrogen-bond acceptors (Lipinski definition) is 6. The first-order valence-electron chi connectivity index (χ1n) is 8.08. The van der Waals surface area contributed by atoms with Crippen molar-refractivity contribution in [2.24, 2.45) is 0 Å². The maximum Gasteiger partial charge on any atom is 0.337 e. The molecule has 1 N–H and O–H groups in total. The van der Waals surface area contributed by atoms with Gasteiger partial charge in [0.2, 0.25) is 0 Å². The summed E-state index contributed by atoms with van der Waals surface area (Å²) in [5, 5.41) is 5.96. The van der Waals surface area contributed by atoms with Crippen LogP contribution in [-0.4, -0.2) is 25.2 Å². The van der Waals surface area contributed by atoms with E-state index < -0.39 is 0 Å². The van der Waals surface area contributed by atoms with E-state index in [-0.39, 0.29) is 5.97 Å². The number of aromatic nitrogens is 1. The van der Waals surface area contributed by atoms with Crippen LogP contribution in [-0.2, 0) is 4.74 Å². The predicted octanol–water partition coefficient (Wildman–Crippen LogP) is 4.97. The molecule has 0 unspecified atom stereocenters. The van der Waals surface area contributed by atoms with E-state index in [0.29, 0.717) is 5.56 Å². The van der Waals surface area contributed by atoms with Crippen molar-refractivity contribution in [2.75, 3.05) is 19.5 Å². The number of ether oxygens (including phenoxy) is 2. The number of benzene rings is 2.